The highest BCUT2D eigenvalue weighted by Crippen LogP contribution is 2.46. The van der Waals surface area contributed by atoms with Crippen LogP contribution in [-0.4, -0.2) is 34.8 Å². The molecule has 0 amide bonds. The molecule has 0 saturated carbocycles. The monoisotopic (exact) mass is 398 g/mol. The van der Waals surface area contributed by atoms with Gasteiger partial charge >= 0.3 is 10.1 Å². The van der Waals surface area contributed by atoms with E-state index in [0.29, 0.717) is 0 Å². The van der Waals surface area contributed by atoms with Gasteiger partial charge in [-0.05, 0) is 15.9 Å². The molecule has 23 heavy (non-hydrogen) atoms. The Kier molecular flexibility index (Phi) is 3.32. The highest BCUT2D eigenvalue weighted by Gasteiger charge is 2.39. The first-order chi connectivity index (χ1) is 10.7. The maximum Gasteiger partial charge on any atom is 0.302 e. The molecule has 0 unspecified atom stereocenters. The van der Waals surface area contributed by atoms with Gasteiger partial charge in [0.15, 0.2) is 28.0 Å². The van der Waals surface area contributed by atoms with Crippen LogP contribution in [-0.2, 0) is 10.1 Å². The number of fused-ring (bicyclic) bond motifs is 2. The Morgan fingerprint density at radius 2 is 1.35 bits per heavy atom. The number of benzene rings is 2. The lowest BCUT2D eigenvalue weighted by atomic mass is 9.83. The van der Waals surface area contributed by atoms with Crippen LogP contribution in [0.5, 0.6) is 11.5 Å². The van der Waals surface area contributed by atoms with E-state index in [-0.39, 0.29) is 16.7 Å². The van der Waals surface area contributed by atoms with E-state index in [0.717, 1.165) is 0 Å². The minimum absolute atomic E-state index is 0.0147. The summed E-state index contributed by atoms with van der Waals surface area (Å²) in [5.41, 5.74) is -0.912. The third kappa shape index (κ3) is 2.08. The van der Waals surface area contributed by atoms with Gasteiger partial charge in [0.05, 0.1) is 15.6 Å². The number of carbonyl (C=O) groups excluding carboxylic acids is 2. The number of rotatable bonds is 1. The number of hydrogen-bond acceptors (Lipinski definition) is 6. The first-order valence-corrected chi connectivity index (χ1v) is 8.32. The van der Waals surface area contributed by atoms with Crippen LogP contribution in [0.15, 0.2) is 33.6 Å². The Hall–Kier alpha value is -2.23. The van der Waals surface area contributed by atoms with Crippen molar-refractivity contribution in [1.82, 2.24) is 0 Å². The number of phenolic OH excluding ortho intramolecular Hbond substituents is 2. The first kappa shape index (κ1) is 15.7. The third-order valence-electron chi connectivity index (χ3n) is 3.47. The lowest BCUT2D eigenvalue weighted by Crippen LogP contribution is -2.22. The van der Waals surface area contributed by atoms with Crippen molar-refractivity contribution in [3.05, 3.63) is 51.0 Å². The molecule has 0 fully saturated rings. The zero-order valence-electron chi connectivity index (χ0n) is 11.1. The van der Waals surface area contributed by atoms with Gasteiger partial charge in [0.25, 0.3) is 0 Å². The van der Waals surface area contributed by atoms with Crippen LogP contribution < -0.4 is 0 Å². The molecule has 3 N–H and O–H groups in total. The molecule has 1 aliphatic rings. The number of hydrogen-bond donors (Lipinski definition) is 3. The maximum atomic E-state index is 12.5. The molecule has 9 heteroatoms. The van der Waals surface area contributed by atoms with E-state index >= 15 is 0 Å². The van der Waals surface area contributed by atoms with Crippen LogP contribution in [0.1, 0.15) is 31.8 Å². The van der Waals surface area contributed by atoms with Gasteiger partial charge in [0.1, 0.15) is 0 Å². The van der Waals surface area contributed by atoms with Crippen LogP contribution in [0.4, 0.5) is 0 Å². The van der Waals surface area contributed by atoms with Crippen molar-refractivity contribution in [2.24, 2.45) is 0 Å². The van der Waals surface area contributed by atoms with Gasteiger partial charge in [-0.3, -0.25) is 14.1 Å². The summed E-state index contributed by atoms with van der Waals surface area (Å²) in [5, 5.41) is 20.0. The molecule has 2 aromatic rings. The highest BCUT2D eigenvalue weighted by atomic mass is 79.9. The minimum atomic E-state index is -5.03. The van der Waals surface area contributed by atoms with Crippen LogP contribution in [0.25, 0.3) is 0 Å². The highest BCUT2D eigenvalue weighted by molar-refractivity contribution is 9.10. The van der Waals surface area contributed by atoms with Crippen LogP contribution in [0.3, 0.4) is 0 Å². The van der Waals surface area contributed by atoms with Crippen molar-refractivity contribution >= 4 is 37.6 Å². The Labute approximate surface area is 138 Å². The largest absolute Gasteiger partial charge is 0.506 e. The third-order valence-corrected chi connectivity index (χ3v) is 5.15. The summed E-state index contributed by atoms with van der Waals surface area (Å²) in [5.74, 6) is -3.69. The number of ketones is 2. The average Bonchev–Trinajstić information content (AvgIpc) is 2.47. The second-order valence-electron chi connectivity index (χ2n) is 4.77. The predicted octanol–water partition coefficient (Wildman–Crippen LogP) is 1.88. The van der Waals surface area contributed by atoms with Gasteiger partial charge in [-0.2, -0.15) is 8.42 Å². The molecule has 0 spiro atoms. The van der Waals surface area contributed by atoms with E-state index in [2.05, 4.69) is 15.9 Å². The van der Waals surface area contributed by atoms with E-state index in [1.54, 1.807) is 0 Å². The zero-order valence-corrected chi connectivity index (χ0v) is 13.5. The SMILES string of the molecule is O=C1c2ccccc2C(=O)c2c(Br)c(O)c(S(=O)(=O)O)c(O)c21. The zero-order chi connectivity index (χ0) is 17.1. The number of carbonyl (C=O) groups is 2. The molecule has 0 aromatic heterocycles. The molecule has 0 aliphatic heterocycles. The van der Waals surface area contributed by atoms with Gasteiger partial charge in [-0.1, -0.05) is 24.3 Å². The van der Waals surface area contributed by atoms with E-state index in [4.69, 9.17) is 4.55 Å². The second kappa shape index (κ2) is 4.88. The quantitative estimate of drug-likeness (QED) is 0.533. The smallest absolute Gasteiger partial charge is 0.302 e. The molecule has 0 saturated heterocycles. The Morgan fingerprint density at radius 3 is 1.83 bits per heavy atom. The minimum Gasteiger partial charge on any atom is -0.506 e. The summed E-state index contributed by atoms with van der Waals surface area (Å²) in [6.45, 7) is 0. The topological polar surface area (TPSA) is 129 Å². The van der Waals surface area contributed by atoms with Gasteiger partial charge in [-0.15, -0.1) is 0 Å². The van der Waals surface area contributed by atoms with Gasteiger partial charge in [-0.25, -0.2) is 0 Å². The van der Waals surface area contributed by atoms with Crippen molar-refractivity contribution < 1.29 is 32.8 Å². The van der Waals surface area contributed by atoms with Crippen molar-refractivity contribution in [2.45, 2.75) is 4.90 Å². The summed E-state index contributed by atoms with van der Waals surface area (Å²) in [7, 11) is -5.03. The van der Waals surface area contributed by atoms with Crippen molar-refractivity contribution in [2.75, 3.05) is 0 Å². The molecule has 118 valence electrons. The normalized spacial score (nSPS) is 13.7. The predicted molar refractivity (Wildman–Crippen MR) is 80.6 cm³/mol. The Bertz CT molecular complexity index is 1010. The molecule has 0 heterocycles. The lowest BCUT2D eigenvalue weighted by Gasteiger charge is -2.21. The molecule has 0 radical (unpaired) electrons. The second-order valence-corrected chi connectivity index (χ2v) is 6.92. The maximum absolute atomic E-state index is 12.5. The molecule has 0 atom stereocenters. The summed E-state index contributed by atoms with van der Waals surface area (Å²) in [4.78, 5) is 23.8. The van der Waals surface area contributed by atoms with Crippen molar-refractivity contribution in [1.29, 1.82) is 0 Å². The molecular formula is C14H7BrO7S. The fourth-order valence-electron chi connectivity index (χ4n) is 2.50. The van der Waals surface area contributed by atoms with Crippen molar-refractivity contribution in [3.8, 4) is 11.5 Å². The number of phenols is 2. The number of halogens is 1. The lowest BCUT2D eigenvalue weighted by molar-refractivity contribution is 0.0975. The summed E-state index contributed by atoms with van der Waals surface area (Å²) in [6.07, 6.45) is 0. The van der Waals surface area contributed by atoms with Gasteiger partial charge in [0, 0.05) is 11.1 Å². The van der Waals surface area contributed by atoms with E-state index in [9.17, 15) is 28.2 Å². The summed E-state index contributed by atoms with van der Waals surface area (Å²) < 4.78 is 31.5. The van der Waals surface area contributed by atoms with Crippen LogP contribution >= 0.6 is 15.9 Å². The molecule has 3 rings (SSSR count). The Balaban J connectivity index is 2.50. The molecule has 2 aromatic carbocycles. The van der Waals surface area contributed by atoms with Gasteiger partial charge < -0.3 is 10.2 Å². The molecule has 7 nitrogen and oxygen atoms in total. The van der Waals surface area contributed by atoms with Crippen LogP contribution in [0, 0.1) is 0 Å². The number of aromatic hydroxyl groups is 2. The van der Waals surface area contributed by atoms with Crippen LogP contribution in [0.2, 0.25) is 0 Å². The van der Waals surface area contributed by atoms with Gasteiger partial charge in [0.2, 0.25) is 0 Å². The molecule has 0 bridgehead atoms. The van der Waals surface area contributed by atoms with E-state index in [1.165, 1.54) is 24.3 Å². The summed E-state index contributed by atoms with van der Waals surface area (Å²) in [6, 6.07) is 5.79. The van der Waals surface area contributed by atoms with E-state index < -0.39 is 48.1 Å². The summed E-state index contributed by atoms with van der Waals surface area (Å²) >= 11 is 2.85. The molecule has 1 aliphatic carbocycles. The molecular weight excluding hydrogens is 392 g/mol. The average molecular weight is 399 g/mol. The fourth-order valence-corrected chi connectivity index (χ4v) is 3.90. The van der Waals surface area contributed by atoms with E-state index in [1.807, 2.05) is 0 Å². The standard InChI is InChI=1S/C14H7BrO7S/c15-9-7-8(12(18)14(13(9)19)23(20,21)22)11(17)6-4-2-1-3-5(6)10(7)16/h1-4,18-19H,(H,20,21,22). The fraction of sp³-hybridized carbons (Fsp3) is 0. The van der Waals surface area contributed by atoms with Crippen molar-refractivity contribution in [3.63, 3.8) is 0 Å². The first-order valence-electron chi connectivity index (χ1n) is 6.09. The Morgan fingerprint density at radius 1 is 0.870 bits per heavy atom.